The third-order valence-electron chi connectivity index (χ3n) is 2.62. The number of aryl methyl sites for hydroxylation is 1. The fourth-order valence-electron chi connectivity index (χ4n) is 1.94. The van der Waals surface area contributed by atoms with Gasteiger partial charge in [0, 0.05) is 0 Å². The van der Waals surface area contributed by atoms with Crippen molar-refractivity contribution < 1.29 is 9.53 Å². The lowest BCUT2D eigenvalue weighted by Gasteiger charge is -2.29. The van der Waals surface area contributed by atoms with Crippen molar-refractivity contribution in [2.75, 3.05) is 0 Å². The maximum absolute atomic E-state index is 10.8. The Bertz CT molecular complexity index is 381. The Morgan fingerprint density at radius 1 is 1.47 bits per heavy atom. The molecule has 2 atom stereocenters. The van der Waals surface area contributed by atoms with Gasteiger partial charge in [0.15, 0.2) is 0 Å². The average Bonchev–Trinajstić information content (AvgIpc) is 2.22. The maximum Gasteiger partial charge on any atom is 0.405 e. The molecule has 0 heterocycles. The molecule has 4 heteroatoms. The van der Waals surface area contributed by atoms with Crippen LogP contribution in [-0.2, 0) is 11.2 Å². The summed E-state index contributed by atoms with van der Waals surface area (Å²) in [5.41, 5.74) is 7.44. The fraction of sp³-hybridized carbons (Fsp3) is 0.364. The number of carbonyl (C=O) groups excluding carboxylic acids is 1. The van der Waals surface area contributed by atoms with Crippen molar-refractivity contribution in [1.29, 1.82) is 0 Å². The topological polar surface area (TPSA) is 52.3 Å². The summed E-state index contributed by atoms with van der Waals surface area (Å²) in [5, 5.41) is 0. The molecule has 1 aliphatic carbocycles. The van der Waals surface area contributed by atoms with Crippen LogP contribution in [-0.4, -0.2) is 10.0 Å². The maximum atomic E-state index is 10.8. The summed E-state index contributed by atoms with van der Waals surface area (Å²) in [6, 6.07) is 8.06. The zero-order valence-corrected chi connectivity index (χ0v) is 10.3. The minimum absolute atomic E-state index is 0.187. The smallest absolute Gasteiger partial charge is 0.405 e. The molecule has 0 bridgehead atoms. The van der Waals surface area contributed by atoms with E-state index < -0.39 is 6.09 Å². The van der Waals surface area contributed by atoms with Crippen LogP contribution in [0.1, 0.15) is 23.7 Å². The first-order chi connectivity index (χ1) is 7.18. The average molecular weight is 317 g/mol. The van der Waals surface area contributed by atoms with Gasteiger partial charge < -0.3 is 10.5 Å². The minimum atomic E-state index is -0.696. The Hall–Kier alpha value is -0.780. The molecule has 1 aliphatic rings. The minimum Gasteiger partial charge on any atom is -0.440 e. The number of rotatable bonds is 1. The van der Waals surface area contributed by atoms with E-state index in [1.807, 2.05) is 18.2 Å². The van der Waals surface area contributed by atoms with Crippen LogP contribution >= 0.6 is 22.6 Å². The molecule has 0 saturated carbocycles. The molecule has 1 amide bonds. The molecule has 2 rings (SSSR count). The number of primary amides is 1. The number of halogens is 1. The van der Waals surface area contributed by atoms with Crippen molar-refractivity contribution in [3.8, 4) is 0 Å². The van der Waals surface area contributed by atoms with Crippen LogP contribution in [0, 0.1) is 0 Å². The fourth-order valence-corrected chi connectivity index (χ4v) is 2.79. The summed E-state index contributed by atoms with van der Waals surface area (Å²) >= 11 is 2.32. The summed E-state index contributed by atoms with van der Waals surface area (Å²) in [6.07, 6.45) is 1.18. The van der Waals surface area contributed by atoms with Gasteiger partial charge >= 0.3 is 6.09 Å². The first-order valence-electron chi connectivity index (χ1n) is 4.86. The summed E-state index contributed by atoms with van der Waals surface area (Å²) in [4.78, 5) is 10.8. The zero-order chi connectivity index (χ0) is 10.8. The monoisotopic (exact) mass is 317 g/mol. The molecular formula is C11H12INO2. The molecule has 0 aromatic heterocycles. The number of fused-ring (bicyclic) bond motifs is 1. The van der Waals surface area contributed by atoms with Gasteiger partial charge in [-0.15, -0.1) is 0 Å². The first kappa shape index (κ1) is 10.7. The van der Waals surface area contributed by atoms with Crippen molar-refractivity contribution in [2.24, 2.45) is 5.73 Å². The van der Waals surface area contributed by atoms with E-state index in [0.717, 1.165) is 18.4 Å². The highest BCUT2D eigenvalue weighted by Gasteiger charge is 2.29. The van der Waals surface area contributed by atoms with Gasteiger partial charge in [0.2, 0.25) is 0 Å². The molecule has 1 aromatic carbocycles. The second kappa shape index (κ2) is 4.38. The van der Waals surface area contributed by atoms with Crippen molar-refractivity contribution >= 4 is 28.7 Å². The van der Waals surface area contributed by atoms with E-state index in [1.54, 1.807) is 0 Å². The van der Waals surface area contributed by atoms with Gasteiger partial charge in [-0.2, -0.15) is 0 Å². The molecule has 15 heavy (non-hydrogen) atoms. The predicted octanol–water partition coefficient (Wildman–Crippen LogP) is 2.57. The van der Waals surface area contributed by atoms with Gasteiger partial charge in [-0.05, 0) is 24.0 Å². The van der Waals surface area contributed by atoms with Crippen LogP contribution in [0.15, 0.2) is 24.3 Å². The molecule has 0 radical (unpaired) electrons. The van der Waals surface area contributed by atoms with Crippen molar-refractivity contribution in [2.45, 2.75) is 22.9 Å². The summed E-state index contributed by atoms with van der Waals surface area (Å²) in [5.74, 6) is 0. The molecule has 2 N–H and O–H groups in total. The third kappa shape index (κ3) is 2.25. The largest absolute Gasteiger partial charge is 0.440 e. The van der Waals surface area contributed by atoms with Crippen molar-refractivity contribution in [3.63, 3.8) is 0 Å². The summed E-state index contributed by atoms with van der Waals surface area (Å²) in [6.45, 7) is 0. The van der Waals surface area contributed by atoms with Crippen LogP contribution in [0.3, 0.4) is 0 Å². The molecule has 2 unspecified atom stereocenters. The van der Waals surface area contributed by atoms with Gasteiger partial charge in [-0.1, -0.05) is 46.9 Å². The highest BCUT2D eigenvalue weighted by atomic mass is 127. The molecule has 0 fully saturated rings. The zero-order valence-electron chi connectivity index (χ0n) is 8.15. The number of carbonyl (C=O) groups is 1. The van der Waals surface area contributed by atoms with Crippen LogP contribution in [0.25, 0.3) is 0 Å². The Morgan fingerprint density at radius 2 is 2.20 bits per heavy atom. The summed E-state index contributed by atoms with van der Waals surface area (Å²) < 4.78 is 5.47. The van der Waals surface area contributed by atoms with Crippen LogP contribution in [0.2, 0.25) is 0 Å². The van der Waals surface area contributed by atoms with E-state index in [9.17, 15) is 4.79 Å². The molecule has 80 valence electrons. The number of ether oxygens (including phenoxy) is 1. The first-order valence-corrected chi connectivity index (χ1v) is 6.11. The number of hydrogen-bond acceptors (Lipinski definition) is 2. The number of amides is 1. The number of hydrogen-bond donors (Lipinski definition) is 1. The molecule has 0 spiro atoms. The number of benzene rings is 1. The second-order valence-electron chi connectivity index (χ2n) is 3.61. The van der Waals surface area contributed by atoms with Crippen LogP contribution < -0.4 is 5.73 Å². The van der Waals surface area contributed by atoms with Gasteiger partial charge in [-0.3, -0.25) is 0 Å². The van der Waals surface area contributed by atoms with E-state index >= 15 is 0 Å². The lowest BCUT2D eigenvalue weighted by Crippen LogP contribution is -2.27. The van der Waals surface area contributed by atoms with Gasteiger partial charge in [0.25, 0.3) is 0 Å². The van der Waals surface area contributed by atoms with Gasteiger partial charge in [0.05, 0.1) is 3.92 Å². The Morgan fingerprint density at radius 3 is 2.93 bits per heavy atom. The quantitative estimate of drug-likeness (QED) is 0.639. The Kier molecular flexibility index (Phi) is 3.14. The Balaban J connectivity index is 2.32. The lowest BCUT2D eigenvalue weighted by molar-refractivity contribution is 0.102. The summed E-state index contributed by atoms with van der Waals surface area (Å²) in [7, 11) is 0. The van der Waals surface area contributed by atoms with E-state index in [2.05, 4.69) is 28.7 Å². The van der Waals surface area contributed by atoms with Gasteiger partial charge in [-0.25, -0.2) is 4.79 Å². The van der Waals surface area contributed by atoms with Crippen molar-refractivity contribution in [3.05, 3.63) is 35.4 Å². The molecular weight excluding hydrogens is 305 g/mol. The number of nitrogens with two attached hydrogens (primary N) is 1. The highest BCUT2D eigenvalue weighted by molar-refractivity contribution is 14.1. The lowest BCUT2D eigenvalue weighted by atomic mass is 9.89. The normalized spacial score (nSPS) is 24.3. The molecule has 0 aliphatic heterocycles. The van der Waals surface area contributed by atoms with Gasteiger partial charge in [0.1, 0.15) is 6.10 Å². The predicted molar refractivity (Wildman–Crippen MR) is 66.0 cm³/mol. The van der Waals surface area contributed by atoms with Crippen molar-refractivity contribution in [1.82, 2.24) is 0 Å². The molecule has 3 nitrogen and oxygen atoms in total. The van der Waals surface area contributed by atoms with E-state index in [-0.39, 0.29) is 6.10 Å². The van der Waals surface area contributed by atoms with E-state index in [4.69, 9.17) is 10.5 Å². The second-order valence-corrected chi connectivity index (χ2v) is 5.21. The van der Waals surface area contributed by atoms with E-state index in [0.29, 0.717) is 3.92 Å². The van der Waals surface area contributed by atoms with Crippen LogP contribution in [0.5, 0.6) is 0 Å². The highest BCUT2D eigenvalue weighted by Crippen LogP contribution is 2.36. The molecule has 0 saturated heterocycles. The SMILES string of the molecule is NC(=O)OC1c2ccccc2CCC1I. The van der Waals surface area contributed by atoms with E-state index in [1.165, 1.54) is 5.56 Å². The molecule has 1 aromatic rings. The van der Waals surface area contributed by atoms with Crippen LogP contribution in [0.4, 0.5) is 4.79 Å². The Labute approximate surface area is 102 Å². The standard InChI is InChI=1S/C11H12INO2/c12-9-6-5-7-3-1-2-4-8(7)10(9)15-11(13)14/h1-4,9-10H,5-6H2,(H2,13,14). The number of alkyl halides is 1. The third-order valence-corrected chi connectivity index (χ3v) is 3.90.